The first-order valence-corrected chi connectivity index (χ1v) is 24.9. The number of carbonyl (C=O) groups is 3. The average molecular weight is 1130 g/mol. The number of anilines is 1. The first-order chi connectivity index (χ1) is 34.0. The Bertz CT molecular complexity index is 2870. The Kier molecular flexibility index (Phi) is 16.3. The fourth-order valence-electron chi connectivity index (χ4n) is 8.44. The maximum Gasteiger partial charge on any atom is 0.448 e. The van der Waals surface area contributed by atoms with Crippen LogP contribution in [0.2, 0.25) is 0 Å². The number of rotatable bonds is 17. The van der Waals surface area contributed by atoms with Crippen molar-refractivity contribution in [1.82, 2.24) is 15.2 Å². The van der Waals surface area contributed by atoms with Crippen LogP contribution < -0.4 is 39.2 Å². The highest BCUT2D eigenvalue weighted by Crippen LogP contribution is 2.44. The fourth-order valence-corrected chi connectivity index (χ4v) is 11.6. The zero-order valence-electron chi connectivity index (χ0n) is 37.7. The third-order valence-electron chi connectivity index (χ3n) is 11.7. The van der Waals surface area contributed by atoms with Crippen molar-refractivity contribution >= 4 is 63.5 Å². The van der Waals surface area contributed by atoms with Crippen molar-refractivity contribution in [3.63, 3.8) is 0 Å². The Morgan fingerprint density at radius 2 is 1.34 bits per heavy atom. The first-order valence-electron chi connectivity index (χ1n) is 22.0. The smallest absolute Gasteiger partial charge is 0.448 e. The van der Waals surface area contributed by atoms with Crippen LogP contribution in [0.4, 0.5) is 18.3 Å². The molecule has 2 amide bonds. The summed E-state index contributed by atoms with van der Waals surface area (Å²) in [5.74, 6) is -1.49. The molecule has 1 saturated heterocycles. The van der Waals surface area contributed by atoms with Crippen molar-refractivity contribution in [2.24, 2.45) is 5.16 Å². The summed E-state index contributed by atoms with van der Waals surface area (Å²) in [7, 11) is 1.31. The average Bonchev–Trinajstić information content (AvgIpc) is 3.86. The van der Waals surface area contributed by atoms with Crippen LogP contribution in [-0.4, -0.2) is 69.6 Å². The minimum absolute atomic E-state index is 0. The summed E-state index contributed by atoms with van der Waals surface area (Å²) in [6.45, 7) is -1.13. The van der Waals surface area contributed by atoms with Gasteiger partial charge in [0.1, 0.15) is 35.5 Å². The molecule has 2 aliphatic heterocycles. The molecule has 2 aromatic heterocycles. The number of nitrogens with zero attached hydrogens (tertiary/aromatic N) is 4. The molecule has 71 heavy (non-hydrogen) atoms. The number of ether oxygens (including phenoxy) is 1. The molecule has 362 valence electrons. The number of oxime groups is 1. The van der Waals surface area contributed by atoms with Crippen LogP contribution in [-0.2, 0) is 36.0 Å². The van der Waals surface area contributed by atoms with Gasteiger partial charge in [-0.1, -0.05) is 157 Å². The van der Waals surface area contributed by atoms with E-state index in [0.717, 1.165) is 21.3 Å². The summed E-state index contributed by atoms with van der Waals surface area (Å²) in [6.07, 6.45) is -2.51. The third kappa shape index (κ3) is 11.4. The predicted octanol–water partition coefficient (Wildman–Crippen LogP) is 6.53. The number of thiazole rings is 1. The molecule has 0 bridgehead atoms. The number of alkyl halides is 3. The van der Waals surface area contributed by atoms with E-state index in [1.165, 1.54) is 59.3 Å². The highest BCUT2D eigenvalue weighted by atomic mass is 127. The molecule has 2 N–H and O–H groups in total. The molecule has 2 atom stereocenters. The Labute approximate surface area is 437 Å². The van der Waals surface area contributed by atoms with Crippen LogP contribution >= 0.6 is 34.9 Å². The lowest BCUT2D eigenvalue weighted by Crippen LogP contribution is -3.00. The Morgan fingerprint density at radius 3 is 1.85 bits per heavy atom. The maximum absolute atomic E-state index is 14.6. The number of β-lactam (4-membered cyclic amide) rings is 1. The highest BCUT2D eigenvalue weighted by molar-refractivity contribution is 8.01. The number of carbonyl (C=O) groups excluding carboxylic acids is 3. The van der Waals surface area contributed by atoms with Crippen molar-refractivity contribution in [2.75, 3.05) is 23.9 Å². The lowest BCUT2D eigenvalue weighted by Gasteiger charge is -2.49. The van der Waals surface area contributed by atoms with Crippen LogP contribution in [0, 0.1) is 0 Å². The zero-order valence-corrected chi connectivity index (χ0v) is 42.3. The topological polar surface area (TPSA) is 126 Å². The molecule has 1 fully saturated rings. The zero-order chi connectivity index (χ0) is 48.7. The van der Waals surface area contributed by atoms with Crippen LogP contribution in [0.1, 0.15) is 39.6 Å². The quantitative estimate of drug-likeness (QED) is 0.0153. The van der Waals surface area contributed by atoms with E-state index in [1.807, 2.05) is 152 Å². The molecule has 9 rings (SSSR count). The SMILES string of the molecule is CO/N=C(\C(=O)N[C@@H]1C(=O)N2C(C(=O)OC(c3ccccc3)c3ccccc3)=C(CSc3cc[n+](CC(F)(F)F)cc3)CS[C@H]12)c1csc(NC(c2ccccc2)(c2ccccc2)c2ccccc2)n1.[I-]. The first kappa shape index (κ1) is 50.9. The maximum atomic E-state index is 14.6. The number of hydrogen-bond donors (Lipinski definition) is 2. The predicted molar refractivity (Wildman–Crippen MR) is 265 cm³/mol. The van der Waals surface area contributed by atoms with Crippen LogP contribution in [0.3, 0.4) is 0 Å². The number of pyridine rings is 1. The standard InChI is InChI=1S/C53H43F3N6O5S3.HI/c1-66-60-43(42-33-70-51(57-42)59-53(38-21-11-4-12-22-38,39-23-13-5-14-24-39)40-25-15-6-16-26-40)47(63)58-44-48(64)62-45(50(65)67-46(35-17-7-2-8-18-35)36-19-9-3-10-20-36)37(32-69-49(44)62)31-68-41-27-29-61(30-28-41)34-52(54,55)56;/h2-30,33,44,46,49H,31-32,34H2,1H3,(H-,57,58,59,63);1H/b60-43-;/t44-,49-;/m1./s1. The summed E-state index contributed by atoms with van der Waals surface area (Å²) in [4.78, 5) is 55.4. The summed E-state index contributed by atoms with van der Waals surface area (Å²) >= 11 is 3.95. The lowest BCUT2D eigenvalue weighted by atomic mass is 9.77. The number of nitrogens with one attached hydrogen (secondary N) is 2. The van der Waals surface area contributed by atoms with Gasteiger partial charge in [-0.05, 0) is 33.4 Å². The number of fused-ring (bicyclic) bond motifs is 1. The number of aromatic nitrogens is 2. The minimum atomic E-state index is -4.38. The number of hydrogen-bond acceptors (Lipinski definition) is 11. The highest BCUT2D eigenvalue weighted by Gasteiger charge is 2.55. The number of thioether (sulfide) groups is 2. The molecule has 4 heterocycles. The molecular formula is C53H44F3IN6O5S3. The Morgan fingerprint density at radius 1 is 0.817 bits per heavy atom. The van der Waals surface area contributed by atoms with E-state index in [9.17, 15) is 27.6 Å². The van der Waals surface area contributed by atoms with Crippen molar-refractivity contribution < 1.29 is 65.7 Å². The molecular weight excluding hydrogens is 1080 g/mol. The Hall–Kier alpha value is -6.48. The number of amides is 2. The van der Waals surface area contributed by atoms with Crippen molar-refractivity contribution in [1.29, 1.82) is 0 Å². The van der Waals surface area contributed by atoms with Gasteiger partial charge < -0.3 is 44.2 Å². The minimum Gasteiger partial charge on any atom is -1.00 e. The summed E-state index contributed by atoms with van der Waals surface area (Å²) < 4.78 is 46.5. The number of halogens is 4. The van der Waals surface area contributed by atoms with E-state index in [1.54, 1.807) is 17.5 Å². The molecule has 18 heteroatoms. The largest absolute Gasteiger partial charge is 1.00 e. The van der Waals surface area contributed by atoms with E-state index in [0.29, 0.717) is 26.7 Å². The fraction of sp³-hybridized carbons (Fsp3) is 0.170. The van der Waals surface area contributed by atoms with Gasteiger partial charge in [0.15, 0.2) is 29.3 Å². The van der Waals surface area contributed by atoms with Gasteiger partial charge in [0.05, 0.1) is 0 Å². The molecule has 0 radical (unpaired) electrons. The molecule has 0 saturated carbocycles. The van der Waals surface area contributed by atoms with Gasteiger partial charge >= 0.3 is 12.1 Å². The van der Waals surface area contributed by atoms with Gasteiger partial charge in [0.2, 0.25) is 6.54 Å². The monoisotopic (exact) mass is 1120 g/mol. The summed E-state index contributed by atoms with van der Waals surface area (Å²) in [5.41, 5.74) is 4.08. The number of benzene rings is 5. The molecule has 2 aliphatic rings. The van der Waals surface area contributed by atoms with Crippen LogP contribution in [0.15, 0.2) is 203 Å². The lowest BCUT2D eigenvalue weighted by molar-refractivity contribution is -0.719. The van der Waals surface area contributed by atoms with Crippen molar-refractivity contribution in [3.05, 3.63) is 226 Å². The molecule has 7 aromatic rings. The second-order valence-corrected chi connectivity index (χ2v) is 19.2. The van der Waals surface area contributed by atoms with Gasteiger partial charge in [0, 0.05) is 33.9 Å². The van der Waals surface area contributed by atoms with Crippen molar-refractivity contribution in [2.45, 2.75) is 40.7 Å². The van der Waals surface area contributed by atoms with E-state index in [4.69, 9.17) is 14.6 Å². The van der Waals surface area contributed by atoms with Gasteiger partial charge in [-0.15, -0.1) is 34.9 Å². The molecule has 11 nitrogen and oxygen atoms in total. The van der Waals surface area contributed by atoms with E-state index in [-0.39, 0.29) is 52.6 Å². The van der Waals surface area contributed by atoms with E-state index in [2.05, 4.69) is 15.8 Å². The van der Waals surface area contributed by atoms with Crippen LogP contribution in [0.5, 0.6) is 0 Å². The van der Waals surface area contributed by atoms with E-state index < -0.39 is 53.6 Å². The van der Waals surface area contributed by atoms with Gasteiger partial charge in [-0.3, -0.25) is 14.5 Å². The summed E-state index contributed by atoms with van der Waals surface area (Å²) in [6, 6.07) is 50.6. The normalized spacial score (nSPS) is 15.8. The second kappa shape index (κ2) is 22.7. The third-order valence-corrected chi connectivity index (χ3v) is 14.8. The van der Waals surface area contributed by atoms with Gasteiger partial charge in [0.25, 0.3) is 11.8 Å². The second-order valence-electron chi connectivity index (χ2n) is 16.2. The Balaban J connectivity index is 0.00000676. The van der Waals surface area contributed by atoms with Crippen LogP contribution in [0.25, 0.3) is 0 Å². The molecule has 0 spiro atoms. The van der Waals surface area contributed by atoms with Crippen molar-refractivity contribution in [3.8, 4) is 0 Å². The van der Waals surface area contributed by atoms with Gasteiger partial charge in [-0.2, -0.15) is 17.7 Å². The molecule has 0 unspecified atom stereocenters. The molecule has 5 aromatic carbocycles. The number of esters is 1. The summed E-state index contributed by atoms with van der Waals surface area (Å²) in [5, 5.41) is 12.1. The van der Waals surface area contributed by atoms with E-state index >= 15 is 0 Å². The molecule has 0 aliphatic carbocycles. The van der Waals surface area contributed by atoms with Gasteiger partial charge in [-0.25, -0.2) is 9.78 Å².